The summed E-state index contributed by atoms with van der Waals surface area (Å²) in [7, 11) is 0. The highest BCUT2D eigenvalue weighted by atomic mass is 16.5. The molecule has 1 aromatic heterocycles. The monoisotopic (exact) mass is 379 g/mol. The molecule has 1 amide bonds. The number of nitrogens with one attached hydrogen (secondary N) is 3. The first-order valence-electron chi connectivity index (χ1n) is 9.50. The molecule has 3 rings (SSSR count). The topological polar surface area (TPSA) is 83.2 Å². The molecule has 0 saturated carbocycles. The van der Waals surface area contributed by atoms with Crippen molar-refractivity contribution in [3.63, 3.8) is 0 Å². The predicted molar refractivity (Wildman–Crippen MR) is 111 cm³/mol. The lowest BCUT2D eigenvalue weighted by Crippen LogP contribution is -2.24. The molecule has 146 valence electrons. The number of amides is 1. The molecule has 0 spiro atoms. The molecule has 0 aliphatic heterocycles. The van der Waals surface area contributed by atoms with Crippen LogP contribution in [0.2, 0.25) is 0 Å². The lowest BCUT2D eigenvalue weighted by Gasteiger charge is -2.10. The zero-order valence-electron chi connectivity index (χ0n) is 16.0. The first kappa shape index (κ1) is 19.6. The van der Waals surface area contributed by atoms with Crippen LogP contribution >= 0.6 is 0 Å². The fraction of sp³-hybridized carbons (Fsp3) is 0.273. The molecule has 0 unspecified atom stereocenters. The molecule has 0 aliphatic carbocycles. The van der Waals surface area contributed by atoms with Crippen LogP contribution in [0.1, 0.15) is 29.3 Å². The summed E-state index contributed by atoms with van der Waals surface area (Å²) in [6.07, 6.45) is 3.24. The molecular weight excluding hydrogens is 354 g/mol. The summed E-state index contributed by atoms with van der Waals surface area (Å²) < 4.78 is 5.02. The Morgan fingerprint density at radius 3 is 2.68 bits per heavy atom. The van der Waals surface area contributed by atoms with E-state index in [1.165, 1.54) is 10.9 Å². The maximum atomic E-state index is 12.2. The number of para-hydroxylation sites is 2. The number of esters is 1. The van der Waals surface area contributed by atoms with Crippen LogP contribution in [0.4, 0.5) is 5.69 Å². The minimum absolute atomic E-state index is 0.142. The Morgan fingerprint density at radius 2 is 1.82 bits per heavy atom. The van der Waals surface area contributed by atoms with Crippen molar-refractivity contribution in [3.8, 4) is 0 Å². The van der Waals surface area contributed by atoms with Crippen molar-refractivity contribution in [3.05, 3.63) is 65.9 Å². The molecule has 2 aromatic carbocycles. The third-order valence-corrected chi connectivity index (χ3v) is 4.47. The van der Waals surface area contributed by atoms with Crippen LogP contribution in [-0.2, 0) is 16.0 Å². The fourth-order valence-corrected chi connectivity index (χ4v) is 3.08. The van der Waals surface area contributed by atoms with Crippen LogP contribution in [0.15, 0.2) is 54.7 Å². The van der Waals surface area contributed by atoms with E-state index < -0.39 is 5.97 Å². The minimum Gasteiger partial charge on any atom is -0.462 e. The summed E-state index contributed by atoms with van der Waals surface area (Å²) in [5.41, 5.74) is 3.24. The lowest BCUT2D eigenvalue weighted by atomic mass is 10.1. The highest BCUT2D eigenvalue weighted by Gasteiger charge is 2.13. The fourth-order valence-electron chi connectivity index (χ4n) is 3.08. The van der Waals surface area contributed by atoms with Gasteiger partial charge in [-0.05, 0) is 43.7 Å². The second kappa shape index (κ2) is 9.71. The molecule has 1 heterocycles. The van der Waals surface area contributed by atoms with Gasteiger partial charge in [0.25, 0.3) is 0 Å². The lowest BCUT2D eigenvalue weighted by molar-refractivity contribution is -0.116. The summed E-state index contributed by atoms with van der Waals surface area (Å²) in [6, 6.07) is 15.1. The van der Waals surface area contributed by atoms with Crippen LogP contribution < -0.4 is 10.6 Å². The third kappa shape index (κ3) is 4.98. The van der Waals surface area contributed by atoms with Gasteiger partial charge in [-0.2, -0.15) is 0 Å². The molecule has 0 aliphatic rings. The maximum Gasteiger partial charge on any atom is 0.340 e. The van der Waals surface area contributed by atoms with Crippen molar-refractivity contribution in [2.75, 3.05) is 25.0 Å². The summed E-state index contributed by atoms with van der Waals surface area (Å²) in [4.78, 5) is 27.4. The van der Waals surface area contributed by atoms with Gasteiger partial charge in [0.1, 0.15) is 0 Å². The van der Waals surface area contributed by atoms with Crippen LogP contribution in [-0.4, -0.2) is 36.6 Å². The summed E-state index contributed by atoms with van der Waals surface area (Å²) in [6.45, 7) is 3.40. The molecular formula is C22H25N3O3. The van der Waals surface area contributed by atoms with Gasteiger partial charge in [0.2, 0.25) is 5.91 Å². The van der Waals surface area contributed by atoms with Gasteiger partial charge >= 0.3 is 5.97 Å². The Labute approximate surface area is 164 Å². The summed E-state index contributed by atoms with van der Waals surface area (Å²) in [5, 5.41) is 7.32. The largest absolute Gasteiger partial charge is 0.462 e. The van der Waals surface area contributed by atoms with Crippen molar-refractivity contribution in [2.45, 2.75) is 19.8 Å². The van der Waals surface area contributed by atoms with E-state index in [1.807, 2.05) is 18.3 Å². The van der Waals surface area contributed by atoms with Gasteiger partial charge in [-0.15, -0.1) is 0 Å². The van der Waals surface area contributed by atoms with Gasteiger partial charge in [-0.3, -0.25) is 4.79 Å². The number of fused-ring (bicyclic) bond motifs is 1. The number of benzene rings is 2. The van der Waals surface area contributed by atoms with Gasteiger partial charge in [-0.1, -0.05) is 30.3 Å². The number of carbonyl (C=O) groups is 2. The minimum atomic E-state index is -0.435. The zero-order valence-corrected chi connectivity index (χ0v) is 16.0. The van der Waals surface area contributed by atoms with Crippen molar-refractivity contribution < 1.29 is 14.3 Å². The summed E-state index contributed by atoms with van der Waals surface area (Å²) in [5.74, 6) is -0.577. The average Bonchev–Trinajstić information content (AvgIpc) is 3.11. The smallest absolute Gasteiger partial charge is 0.340 e. The van der Waals surface area contributed by atoms with E-state index in [1.54, 1.807) is 31.2 Å². The number of rotatable bonds is 9. The van der Waals surface area contributed by atoms with Crippen LogP contribution in [0.3, 0.4) is 0 Å². The molecule has 28 heavy (non-hydrogen) atoms. The molecule has 0 radical (unpaired) electrons. The maximum absolute atomic E-state index is 12.2. The van der Waals surface area contributed by atoms with Crippen molar-refractivity contribution in [2.24, 2.45) is 0 Å². The van der Waals surface area contributed by atoms with Crippen LogP contribution in [0, 0.1) is 0 Å². The van der Waals surface area contributed by atoms with E-state index in [-0.39, 0.29) is 5.91 Å². The van der Waals surface area contributed by atoms with Crippen LogP contribution in [0.25, 0.3) is 10.9 Å². The van der Waals surface area contributed by atoms with E-state index in [2.05, 4.69) is 27.8 Å². The molecule has 6 nitrogen and oxygen atoms in total. The third-order valence-electron chi connectivity index (χ3n) is 4.47. The first-order valence-corrected chi connectivity index (χ1v) is 9.50. The van der Waals surface area contributed by atoms with Gasteiger partial charge < -0.3 is 20.4 Å². The van der Waals surface area contributed by atoms with Crippen molar-refractivity contribution >= 4 is 28.5 Å². The number of hydrogen-bond acceptors (Lipinski definition) is 4. The Morgan fingerprint density at radius 1 is 1.04 bits per heavy atom. The van der Waals surface area contributed by atoms with Gasteiger partial charge in [0.05, 0.1) is 17.9 Å². The number of aromatic amines is 1. The second-order valence-corrected chi connectivity index (χ2v) is 6.42. The zero-order chi connectivity index (χ0) is 19.8. The first-order chi connectivity index (χ1) is 13.7. The molecule has 0 fully saturated rings. The Bertz CT molecular complexity index is 949. The van der Waals surface area contributed by atoms with E-state index in [4.69, 9.17) is 4.74 Å². The second-order valence-electron chi connectivity index (χ2n) is 6.42. The highest BCUT2D eigenvalue weighted by molar-refractivity contribution is 6.01. The van der Waals surface area contributed by atoms with E-state index in [0.717, 1.165) is 18.5 Å². The number of anilines is 1. The quantitative estimate of drug-likeness (QED) is 0.392. The number of H-pyrrole nitrogens is 1. The summed E-state index contributed by atoms with van der Waals surface area (Å²) >= 11 is 0. The number of ether oxygens (including phenoxy) is 1. The van der Waals surface area contributed by atoms with E-state index in [9.17, 15) is 9.59 Å². The molecule has 3 aromatic rings. The Hall–Kier alpha value is -3.12. The highest BCUT2D eigenvalue weighted by Crippen LogP contribution is 2.18. The van der Waals surface area contributed by atoms with E-state index in [0.29, 0.717) is 30.8 Å². The molecule has 6 heteroatoms. The van der Waals surface area contributed by atoms with Gasteiger partial charge in [0.15, 0.2) is 0 Å². The normalized spacial score (nSPS) is 10.8. The van der Waals surface area contributed by atoms with Gasteiger partial charge in [-0.25, -0.2) is 4.79 Å². The van der Waals surface area contributed by atoms with Crippen molar-refractivity contribution in [1.82, 2.24) is 10.3 Å². The van der Waals surface area contributed by atoms with Gasteiger partial charge in [0, 0.05) is 30.1 Å². The van der Waals surface area contributed by atoms with Crippen molar-refractivity contribution in [1.29, 1.82) is 0 Å². The molecule has 3 N–H and O–H groups in total. The number of aromatic nitrogens is 1. The molecule has 0 saturated heterocycles. The number of hydrogen-bond donors (Lipinski definition) is 3. The predicted octanol–water partition coefficient (Wildman–Crippen LogP) is 3.51. The Balaban J connectivity index is 1.43. The number of carbonyl (C=O) groups excluding carboxylic acids is 2. The Kier molecular flexibility index (Phi) is 6.81. The SMILES string of the molecule is CCOC(=O)c1ccccc1NC(=O)CCNCCc1c[nH]c2ccccc12. The van der Waals surface area contributed by atoms with E-state index >= 15 is 0 Å². The average molecular weight is 379 g/mol. The molecule has 0 atom stereocenters. The standard InChI is InChI=1S/C22H25N3O3/c1-2-28-22(27)18-8-4-6-10-20(18)25-21(26)12-14-23-13-11-16-15-24-19-9-5-3-7-17(16)19/h3-10,15,23-24H,2,11-14H2,1H3,(H,25,26). The molecule has 0 bridgehead atoms. The van der Waals surface area contributed by atoms with Crippen LogP contribution in [0.5, 0.6) is 0 Å².